The number of anilines is 1. The van der Waals surface area contributed by atoms with Gasteiger partial charge in [-0.05, 0) is 0 Å². The van der Waals surface area contributed by atoms with Gasteiger partial charge >= 0.3 is 100 Å². The van der Waals surface area contributed by atoms with E-state index in [1.807, 2.05) is 6.07 Å². The molecule has 0 spiro atoms. The fourth-order valence-corrected chi connectivity index (χ4v) is 3.27. The maximum atomic E-state index is 4.48. The second-order valence-corrected chi connectivity index (χ2v) is 5.23. The van der Waals surface area contributed by atoms with Crippen molar-refractivity contribution in [2.45, 2.75) is 18.9 Å². The number of aromatic nitrogens is 2. The third-order valence-corrected chi connectivity index (χ3v) is 4.08. The summed E-state index contributed by atoms with van der Waals surface area (Å²) in [6.45, 7) is 2.19. The summed E-state index contributed by atoms with van der Waals surface area (Å²) in [5.41, 5.74) is 3.26. The molecule has 2 heterocycles. The van der Waals surface area contributed by atoms with Gasteiger partial charge in [0.1, 0.15) is 0 Å². The molecule has 1 unspecified atom stereocenters. The van der Waals surface area contributed by atoms with E-state index in [1.54, 1.807) is 0 Å². The van der Waals surface area contributed by atoms with E-state index in [0.29, 0.717) is 6.04 Å². The molecule has 1 aliphatic rings. The van der Waals surface area contributed by atoms with Crippen LogP contribution in [0.25, 0.3) is 11.0 Å². The molecule has 1 saturated heterocycles. The fourth-order valence-electron chi connectivity index (χ4n) is 2.12. The van der Waals surface area contributed by atoms with Gasteiger partial charge in [-0.3, -0.25) is 0 Å². The molecule has 1 aromatic carbocycles. The number of hydrogen-bond acceptors (Lipinski definition) is 4. The van der Waals surface area contributed by atoms with Gasteiger partial charge < -0.3 is 0 Å². The molecule has 1 aromatic heterocycles. The van der Waals surface area contributed by atoms with E-state index in [-0.39, 0.29) is 15.0 Å². The van der Waals surface area contributed by atoms with Crippen molar-refractivity contribution in [3.63, 3.8) is 0 Å². The van der Waals surface area contributed by atoms with Crippen molar-refractivity contribution in [1.82, 2.24) is 13.3 Å². The molecule has 0 bridgehead atoms. The minimum absolute atomic E-state index is 0.0604. The van der Waals surface area contributed by atoms with Crippen LogP contribution in [0.1, 0.15) is 12.8 Å². The van der Waals surface area contributed by atoms with Crippen LogP contribution in [0.3, 0.4) is 0 Å². The van der Waals surface area contributed by atoms with E-state index in [1.165, 1.54) is 12.8 Å². The van der Waals surface area contributed by atoms with Gasteiger partial charge in [0.15, 0.2) is 0 Å². The maximum absolute atomic E-state index is 4.48. The van der Waals surface area contributed by atoms with Gasteiger partial charge in [-0.2, -0.15) is 0 Å². The Bertz CT molecular complexity index is 476. The summed E-state index contributed by atoms with van der Waals surface area (Å²) in [6, 6.07) is 6.73. The molecule has 1 aliphatic heterocycles. The zero-order chi connectivity index (χ0) is 10.8. The van der Waals surface area contributed by atoms with Gasteiger partial charge in [-0.25, -0.2) is 0 Å². The molecule has 4 nitrogen and oxygen atoms in total. The molecule has 2 aromatic rings. The number of rotatable bonds is 2. The van der Waals surface area contributed by atoms with E-state index in [9.17, 15) is 0 Å². The molecule has 16 heavy (non-hydrogen) atoms. The average molecular weight is 281 g/mol. The Labute approximate surface area is 101 Å². The third kappa shape index (κ3) is 1.98. The molecule has 0 saturated carbocycles. The standard InChI is InChI=1S/C11H14N4Se/c1-4-9(11-10(5-1)14-16-15-11)13-8-3-2-6-12-7-8/h1,4-5,8,12-13H,2-3,6-7H2. The Kier molecular flexibility index (Phi) is 2.91. The number of hydrogen-bond donors (Lipinski definition) is 2. The summed E-state index contributed by atoms with van der Waals surface area (Å²) in [6.07, 6.45) is 2.48. The van der Waals surface area contributed by atoms with Crippen LogP contribution in [0.4, 0.5) is 5.69 Å². The van der Waals surface area contributed by atoms with Crippen molar-refractivity contribution in [1.29, 1.82) is 0 Å². The van der Waals surface area contributed by atoms with Crippen LogP contribution in [0.5, 0.6) is 0 Å². The predicted octanol–water partition coefficient (Wildman–Crippen LogP) is 0.851. The normalized spacial score (nSPS) is 21.1. The van der Waals surface area contributed by atoms with E-state index < -0.39 is 0 Å². The second kappa shape index (κ2) is 4.53. The number of nitrogens with one attached hydrogen (secondary N) is 2. The Balaban J connectivity index is 1.85. The van der Waals surface area contributed by atoms with Crippen molar-refractivity contribution in [2.24, 2.45) is 0 Å². The number of benzene rings is 1. The van der Waals surface area contributed by atoms with Gasteiger partial charge in [-0.1, -0.05) is 0 Å². The predicted molar refractivity (Wildman–Crippen MR) is 66.0 cm³/mol. The van der Waals surface area contributed by atoms with Crippen molar-refractivity contribution < 1.29 is 0 Å². The van der Waals surface area contributed by atoms with E-state index in [4.69, 9.17) is 0 Å². The monoisotopic (exact) mass is 282 g/mol. The molecule has 2 N–H and O–H groups in total. The molecule has 0 amide bonds. The first-order valence-electron chi connectivity index (χ1n) is 5.62. The molecular weight excluding hydrogens is 267 g/mol. The van der Waals surface area contributed by atoms with Gasteiger partial charge in [-0.15, -0.1) is 0 Å². The molecule has 5 heteroatoms. The summed E-state index contributed by atoms with van der Waals surface area (Å²) in [7, 11) is 0. The third-order valence-electron chi connectivity index (χ3n) is 2.94. The Morgan fingerprint density at radius 3 is 3.25 bits per heavy atom. The summed E-state index contributed by atoms with van der Waals surface area (Å²) in [5.74, 6) is 0. The Morgan fingerprint density at radius 2 is 2.38 bits per heavy atom. The van der Waals surface area contributed by atoms with Crippen LogP contribution in [0.15, 0.2) is 18.2 Å². The van der Waals surface area contributed by atoms with Crippen LogP contribution < -0.4 is 10.6 Å². The molecular formula is C11H14N4Se. The minimum atomic E-state index is 0.0604. The van der Waals surface area contributed by atoms with Crippen LogP contribution in [-0.2, 0) is 0 Å². The first-order valence-corrected chi connectivity index (χ1v) is 7.15. The van der Waals surface area contributed by atoms with Crippen molar-refractivity contribution in [3.05, 3.63) is 18.2 Å². The Hall–Kier alpha value is -0.901. The van der Waals surface area contributed by atoms with Gasteiger partial charge in [0.2, 0.25) is 0 Å². The van der Waals surface area contributed by atoms with Crippen LogP contribution in [0, 0.1) is 0 Å². The quantitative estimate of drug-likeness (QED) is 0.801. The summed E-state index contributed by atoms with van der Waals surface area (Å²) in [5, 5.41) is 6.99. The summed E-state index contributed by atoms with van der Waals surface area (Å²) in [4.78, 5) is 0. The van der Waals surface area contributed by atoms with E-state index in [2.05, 4.69) is 30.7 Å². The zero-order valence-corrected chi connectivity index (χ0v) is 10.7. The summed E-state index contributed by atoms with van der Waals surface area (Å²) >= 11 is 0.0604. The first-order chi connectivity index (χ1) is 7.93. The number of fused-ring (bicyclic) bond motifs is 1. The topological polar surface area (TPSA) is 49.8 Å². The van der Waals surface area contributed by atoms with Crippen molar-refractivity contribution >= 4 is 31.7 Å². The summed E-state index contributed by atoms with van der Waals surface area (Å²) < 4.78 is 8.87. The van der Waals surface area contributed by atoms with Crippen LogP contribution >= 0.6 is 0 Å². The van der Waals surface area contributed by atoms with Crippen LogP contribution in [-0.4, -0.2) is 42.1 Å². The van der Waals surface area contributed by atoms with E-state index >= 15 is 0 Å². The van der Waals surface area contributed by atoms with Gasteiger partial charge in [0, 0.05) is 0 Å². The first kappa shape index (κ1) is 10.3. The SMILES string of the molecule is c1cc(NC2CCCNC2)c2n[se]nc2c1. The fraction of sp³-hybridized carbons (Fsp3) is 0.455. The van der Waals surface area contributed by atoms with Crippen molar-refractivity contribution in [3.8, 4) is 0 Å². The molecule has 0 aliphatic carbocycles. The molecule has 0 radical (unpaired) electrons. The average Bonchev–Trinajstić information content (AvgIpc) is 2.80. The molecule has 84 valence electrons. The molecule has 1 fully saturated rings. The number of nitrogens with zero attached hydrogens (tertiary/aromatic N) is 2. The second-order valence-electron chi connectivity index (χ2n) is 4.13. The number of piperidine rings is 1. The van der Waals surface area contributed by atoms with Crippen molar-refractivity contribution in [2.75, 3.05) is 18.4 Å². The zero-order valence-electron chi connectivity index (χ0n) is 8.94. The Morgan fingerprint density at radius 1 is 1.38 bits per heavy atom. The molecule has 1 atom stereocenters. The van der Waals surface area contributed by atoms with Gasteiger partial charge in [0.25, 0.3) is 0 Å². The van der Waals surface area contributed by atoms with E-state index in [0.717, 1.165) is 29.8 Å². The molecule has 3 rings (SSSR count). The van der Waals surface area contributed by atoms with Gasteiger partial charge in [0.05, 0.1) is 0 Å². The van der Waals surface area contributed by atoms with Crippen LogP contribution in [0.2, 0.25) is 0 Å².